The van der Waals surface area contributed by atoms with Crippen molar-refractivity contribution in [1.29, 1.82) is 0 Å². The van der Waals surface area contributed by atoms with Gasteiger partial charge >= 0.3 is 5.97 Å². The molecule has 0 saturated carbocycles. The fourth-order valence-corrected chi connectivity index (χ4v) is 2.92. The van der Waals surface area contributed by atoms with Crippen LogP contribution in [0.1, 0.15) is 21.7 Å². The molecule has 3 heteroatoms. The molecule has 0 fully saturated rings. The number of aryl methyl sites for hydroxylation is 2. The fraction of sp³-hybridized carbons (Fsp3) is 0.167. The minimum Gasteiger partial charge on any atom is -0.465 e. The number of aromatic nitrogens is 1. The molecule has 3 nitrogen and oxygen atoms in total. The highest BCUT2D eigenvalue weighted by molar-refractivity contribution is 6.05. The summed E-state index contributed by atoms with van der Waals surface area (Å²) in [7, 11) is 1.41. The summed E-state index contributed by atoms with van der Waals surface area (Å²) in [5.41, 5.74) is 4.41. The lowest BCUT2D eigenvalue weighted by molar-refractivity contribution is 0.0601. The number of hydrogen-bond acceptors (Lipinski definition) is 2. The minimum atomic E-state index is -0.306. The molecular weight excluding hydrogens is 262 g/mol. The van der Waals surface area contributed by atoms with E-state index in [1.54, 1.807) is 0 Å². The number of H-pyrrole nitrogens is 1. The van der Waals surface area contributed by atoms with E-state index in [-0.39, 0.29) is 5.97 Å². The third-order valence-corrected chi connectivity index (χ3v) is 3.82. The molecule has 0 bridgehead atoms. The van der Waals surface area contributed by atoms with Crippen molar-refractivity contribution in [2.24, 2.45) is 0 Å². The average molecular weight is 279 g/mol. The van der Waals surface area contributed by atoms with E-state index in [0.717, 1.165) is 33.3 Å². The van der Waals surface area contributed by atoms with Crippen LogP contribution in [-0.4, -0.2) is 18.1 Å². The number of ether oxygens (including phenoxy) is 1. The Kier molecular flexibility index (Phi) is 3.26. The van der Waals surface area contributed by atoms with E-state index < -0.39 is 0 Å². The quantitative estimate of drug-likeness (QED) is 0.713. The molecule has 2 aromatic carbocycles. The lowest BCUT2D eigenvalue weighted by Gasteiger charge is -2.09. The Morgan fingerprint density at radius 1 is 1.00 bits per heavy atom. The second-order valence-electron chi connectivity index (χ2n) is 5.14. The third-order valence-electron chi connectivity index (χ3n) is 3.82. The van der Waals surface area contributed by atoms with Crippen molar-refractivity contribution in [2.45, 2.75) is 13.8 Å². The Labute approximate surface area is 123 Å². The van der Waals surface area contributed by atoms with Crippen molar-refractivity contribution < 1.29 is 9.53 Å². The van der Waals surface area contributed by atoms with Crippen LogP contribution >= 0.6 is 0 Å². The number of rotatable bonds is 2. The molecule has 0 aliphatic carbocycles. The molecule has 3 aromatic rings. The predicted molar refractivity (Wildman–Crippen MR) is 84.5 cm³/mol. The number of aromatic amines is 1. The van der Waals surface area contributed by atoms with Gasteiger partial charge in [0.2, 0.25) is 0 Å². The number of nitrogens with one attached hydrogen (secondary N) is 1. The van der Waals surface area contributed by atoms with E-state index in [4.69, 9.17) is 4.74 Å². The van der Waals surface area contributed by atoms with E-state index >= 15 is 0 Å². The van der Waals surface area contributed by atoms with Gasteiger partial charge < -0.3 is 9.72 Å². The zero-order chi connectivity index (χ0) is 15.0. The lowest BCUT2D eigenvalue weighted by atomic mass is 9.95. The van der Waals surface area contributed by atoms with Gasteiger partial charge in [-0.3, -0.25) is 0 Å². The summed E-state index contributed by atoms with van der Waals surface area (Å²) in [6.45, 7) is 3.88. The van der Waals surface area contributed by atoms with Crippen LogP contribution in [0.25, 0.3) is 21.9 Å². The van der Waals surface area contributed by atoms with Gasteiger partial charge in [0.25, 0.3) is 0 Å². The molecule has 1 heterocycles. The van der Waals surface area contributed by atoms with Gasteiger partial charge in [-0.2, -0.15) is 0 Å². The maximum absolute atomic E-state index is 12.1. The summed E-state index contributed by atoms with van der Waals surface area (Å²) in [5, 5.41) is 2.29. The summed E-state index contributed by atoms with van der Waals surface area (Å²) in [5.74, 6) is -0.306. The van der Waals surface area contributed by atoms with Crippen molar-refractivity contribution in [1.82, 2.24) is 4.98 Å². The Balaban J connectivity index is 2.36. The maximum Gasteiger partial charge on any atom is 0.340 e. The van der Waals surface area contributed by atoms with E-state index in [0.29, 0.717) is 5.56 Å². The first-order chi connectivity index (χ1) is 10.1. The molecule has 106 valence electrons. The van der Waals surface area contributed by atoms with Gasteiger partial charge in [-0.25, -0.2) is 4.79 Å². The van der Waals surface area contributed by atoms with Gasteiger partial charge in [-0.15, -0.1) is 0 Å². The molecular formula is C18H17NO2. The molecule has 0 amide bonds. The van der Waals surface area contributed by atoms with Crippen molar-refractivity contribution in [2.75, 3.05) is 7.11 Å². The lowest BCUT2D eigenvalue weighted by Crippen LogP contribution is -2.03. The monoisotopic (exact) mass is 279 g/mol. The molecule has 0 aliphatic heterocycles. The Hall–Kier alpha value is -2.55. The van der Waals surface area contributed by atoms with Crippen molar-refractivity contribution in [3.05, 3.63) is 59.4 Å². The van der Waals surface area contributed by atoms with Crippen molar-refractivity contribution >= 4 is 16.7 Å². The van der Waals surface area contributed by atoms with E-state index in [1.165, 1.54) is 7.11 Å². The summed E-state index contributed by atoms with van der Waals surface area (Å²) in [6.07, 6.45) is 0. The summed E-state index contributed by atoms with van der Waals surface area (Å²) in [4.78, 5) is 15.4. The maximum atomic E-state index is 12.1. The number of hydrogen-bond donors (Lipinski definition) is 1. The van der Waals surface area contributed by atoms with E-state index in [9.17, 15) is 4.79 Å². The first kappa shape index (κ1) is 13.4. The zero-order valence-corrected chi connectivity index (χ0v) is 12.4. The molecule has 0 saturated heterocycles. The van der Waals surface area contributed by atoms with Crippen LogP contribution in [0.15, 0.2) is 42.5 Å². The summed E-state index contributed by atoms with van der Waals surface area (Å²) >= 11 is 0. The van der Waals surface area contributed by atoms with Gasteiger partial charge in [0, 0.05) is 17.0 Å². The number of methoxy groups -OCH3 is 1. The predicted octanol–water partition coefficient (Wildman–Crippen LogP) is 4.24. The van der Waals surface area contributed by atoms with Crippen LogP contribution in [0.3, 0.4) is 0 Å². The zero-order valence-electron chi connectivity index (χ0n) is 12.4. The number of carbonyl (C=O) groups is 1. The largest absolute Gasteiger partial charge is 0.465 e. The molecule has 0 aliphatic rings. The number of fused-ring (bicyclic) bond motifs is 1. The SMILES string of the molecule is COC(=O)c1c(C)[nH]c(C)c1-c1cccc2ccccc12. The van der Waals surface area contributed by atoms with Crippen LogP contribution in [0.2, 0.25) is 0 Å². The molecule has 3 rings (SSSR count). The van der Waals surface area contributed by atoms with Crippen LogP contribution in [-0.2, 0) is 4.74 Å². The Bertz CT molecular complexity index is 825. The molecule has 0 unspecified atom stereocenters. The molecule has 0 radical (unpaired) electrons. The van der Waals surface area contributed by atoms with Crippen molar-refractivity contribution in [3.8, 4) is 11.1 Å². The highest BCUT2D eigenvalue weighted by Gasteiger charge is 2.22. The normalized spacial score (nSPS) is 10.8. The fourth-order valence-electron chi connectivity index (χ4n) is 2.92. The highest BCUT2D eigenvalue weighted by Crippen LogP contribution is 2.35. The van der Waals surface area contributed by atoms with Gasteiger partial charge in [-0.1, -0.05) is 42.5 Å². The van der Waals surface area contributed by atoms with Gasteiger partial charge in [0.15, 0.2) is 0 Å². The molecule has 0 atom stereocenters. The molecule has 1 N–H and O–H groups in total. The van der Waals surface area contributed by atoms with Gasteiger partial charge in [-0.05, 0) is 30.2 Å². The topological polar surface area (TPSA) is 42.1 Å². The van der Waals surface area contributed by atoms with Crippen LogP contribution in [0, 0.1) is 13.8 Å². The Morgan fingerprint density at radius 2 is 1.71 bits per heavy atom. The number of esters is 1. The smallest absolute Gasteiger partial charge is 0.340 e. The first-order valence-electron chi connectivity index (χ1n) is 6.89. The minimum absolute atomic E-state index is 0.306. The molecule has 0 spiro atoms. The van der Waals surface area contributed by atoms with Crippen molar-refractivity contribution in [3.63, 3.8) is 0 Å². The summed E-state index contributed by atoms with van der Waals surface area (Å²) in [6, 6.07) is 14.3. The van der Waals surface area contributed by atoms with Crippen LogP contribution in [0.4, 0.5) is 0 Å². The second kappa shape index (κ2) is 5.09. The molecule has 1 aromatic heterocycles. The standard InChI is InChI=1S/C18H17NO2/c1-11-16(17(12(2)19-11)18(20)21-3)15-10-6-8-13-7-4-5-9-14(13)15/h4-10,19H,1-3H3. The van der Waals surface area contributed by atoms with Crippen LogP contribution in [0.5, 0.6) is 0 Å². The van der Waals surface area contributed by atoms with Gasteiger partial charge in [0.05, 0.1) is 12.7 Å². The summed E-state index contributed by atoms with van der Waals surface area (Å²) < 4.78 is 4.95. The second-order valence-corrected chi connectivity index (χ2v) is 5.14. The highest BCUT2D eigenvalue weighted by atomic mass is 16.5. The molecule has 21 heavy (non-hydrogen) atoms. The van der Waals surface area contributed by atoms with E-state index in [2.05, 4.69) is 23.2 Å². The third kappa shape index (κ3) is 2.11. The van der Waals surface area contributed by atoms with Crippen LogP contribution < -0.4 is 0 Å². The number of benzene rings is 2. The average Bonchev–Trinajstić information content (AvgIpc) is 2.80. The number of carbonyl (C=O) groups excluding carboxylic acids is 1. The Morgan fingerprint density at radius 3 is 2.48 bits per heavy atom. The van der Waals surface area contributed by atoms with Gasteiger partial charge in [0.1, 0.15) is 0 Å². The first-order valence-corrected chi connectivity index (χ1v) is 6.89. The van der Waals surface area contributed by atoms with E-state index in [1.807, 2.05) is 38.1 Å².